The summed E-state index contributed by atoms with van der Waals surface area (Å²) in [5.41, 5.74) is 1.44. The zero-order valence-electron chi connectivity index (χ0n) is 8.20. The van der Waals surface area contributed by atoms with Crippen LogP contribution in [0.1, 0.15) is 24.5 Å². The van der Waals surface area contributed by atoms with Crippen LogP contribution in [0.2, 0.25) is 0 Å². The van der Waals surface area contributed by atoms with Gasteiger partial charge in [0, 0.05) is 5.92 Å². The smallest absolute Gasteiger partial charge is 0.229 e. The van der Waals surface area contributed by atoms with Crippen LogP contribution in [0.4, 0.5) is 5.69 Å². The molecule has 1 aromatic rings. The van der Waals surface area contributed by atoms with Crippen LogP contribution in [0, 0.1) is 0 Å². The van der Waals surface area contributed by atoms with Gasteiger partial charge in [0.15, 0.2) is 0 Å². The lowest BCUT2D eigenvalue weighted by Gasteiger charge is -2.09. The Morgan fingerprint density at radius 1 is 1.47 bits per heavy atom. The van der Waals surface area contributed by atoms with Crippen LogP contribution in [0.5, 0.6) is 0 Å². The average Bonchev–Trinajstić information content (AvgIpc) is 2.88. The molecule has 0 unspecified atom stereocenters. The summed E-state index contributed by atoms with van der Waals surface area (Å²) in [6, 6.07) is 3.48. The minimum absolute atomic E-state index is 0.409. The maximum Gasteiger partial charge on any atom is 0.229 e. The Labute approximate surface area is 97.3 Å². The molecule has 1 saturated carbocycles. The standard InChI is InChI=1S/C9H11BrN2O2S/c1-15(13,14)12-7-4-5-8(10)11-9(7)6-2-3-6/h4-6,12H,2-3H2,1H3. The Hall–Kier alpha value is -0.620. The molecule has 1 N–H and O–H groups in total. The van der Waals surface area contributed by atoms with Gasteiger partial charge in [0.1, 0.15) is 4.60 Å². The Bertz CT molecular complexity index is 483. The molecule has 1 heterocycles. The second-order valence-corrected chi connectivity index (χ2v) is 6.28. The molecular formula is C9H11BrN2O2S. The van der Waals surface area contributed by atoms with Gasteiger partial charge >= 0.3 is 0 Å². The quantitative estimate of drug-likeness (QED) is 0.868. The number of hydrogen-bond acceptors (Lipinski definition) is 3. The summed E-state index contributed by atoms with van der Waals surface area (Å²) in [6.45, 7) is 0. The molecule has 0 amide bonds. The highest BCUT2D eigenvalue weighted by atomic mass is 79.9. The molecule has 1 aliphatic carbocycles. The van der Waals surface area contributed by atoms with Crippen LogP contribution in [0.3, 0.4) is 0 Å². The van der Waals surface area contributed by atoms with E-state index >= 15 is 0 Å². The van der Waals surface area contributed by atoms with Crippen molar-refractivity contribution in [1.29, 1.82) is 0 Å². The lowest BCUT2D eigenvalue weighted by Crippen LogP contribution is -2.11. The molecule has 1 fully saturated rings. The zero-order valence-corrected chi connectivity index (χ0v) is 10.6. The highest BCUT2D eigenvalue weighted by Crippen LogP contribution is 2.42. The SMILES string of the molecule is CS(=O)(=O)Nc1ccc(Br)nc1C1CC1. The summed E-state index contributed by atoms with van der Waals surface area (Å²) >= 11 is 3.28. The van der Waals surface area contributed by atoms with Crippen LogP contribution < -0.4 is 4.72 Å². The van der Waals surface area contributed by atoms with Crippen molar-refractivity contribution in [1.82, 2.24) is 4.98 Å². The number of sulfonamides is 1. The van der Waals surface area contributed by atoms with E-state index in [9.17, 15) is 8.42 Å². The van der Waals surface area contributed by atoms with Crippen LogP contribution in [-0.4, -0.2) is 19.7 Å². The summed E-state index contributed by atoms with van der Waals surface area (Å²) < 4.78 is 25.5. The summed E-state index contributed by atoms with van der Waals surface area (Å²) in [7, 11) is -3.22. The van der Waals surface area contributed by atoms with Gasteiger partial charge in [0.05, 0.1) is 17.6 Å². The third-order valence-corrected chi connectivity index (χ3v) is 3.18. The predicted octanol–water partition coefficient (Wildman–Crippen LogP) is 2.09. The summed E-state index contributed by atoms with van der Waals surface area (Å²) in [5.74, 6) is 0.409. The molecule has 2 rings (SSSR count). The molecular weight excluding hydrogens is 280 g/mol. The number of anilines is 1. The Balaban J connectivity index is 2.37. The van der Waals surface area contributed by atoms with Gasteiger partial charge < -0.3 is 0 Å². The number of nitrogens with one attached hydrogen (secondary N) is 1. The number of hydrogen-bond donors (Lipinski definition) is 1. The van der Waals surface area contributed by atoms with E-state index in [1.165, 1.54) is 0 Å². The zero-order chi connectivity index (χ0) is 11.1. The van der Waals surface area contributed by atoms with Crippen LogP contribution in [-0.2, 0) is 10.0 Å². The molecule has 0 saturated heterocycles. The van der Waals surface area contributed by atoms with Gasteiger partial charge in [-0.1, -0.05) is 0 Å². The van der Waals surface area contributed by atoms with Crippen molar-refractivity contribution in [3.8, 4) is 0 Å². The van der Waals surface area contributed by atoms with Crippen molar-refractivity contribution < 1.29 is 8.42 Å². The number of nitrogens with zero attached hydrogens (tertiary/aromatic N) is 1. The lowest BCUT2D eigenvalue weighted by atomic mass is 10.2. The van der Waals surface area contributed by atoms with Crippen molar-refractivity contribution in [2.24, 2.45) is 0 Å². The first-order chi connectivity index (χ1) is 6.96. The molecule has 1 aromatic heterocycles. The number of aromatic nitrogens is 1. The fourth-order valence-corrected chi connectivity index (χ4v) is 2.30. The Morgan fingerprint density at radius 2 is 2.13 bits per heavy atom. The third-order valence-electron chi connectivity index (χ3n) is 2.15. The second-order valence-electron chi connectivity index (χ2n) is 3.72. The molecule has 15 heavy (non-hydrogen) atoms. The van der Waals surface area contributed by atoms with Gasteiger partial charge in [0.25, 0.3) is 0 Å². The maximum atomic E-state index is 11.1. The maximum absolute atomic E-state index is 11.1. The van der Waals surface area contributed by atoms with E-state index in [0.29, 0.717) is 11.6 Å². The van der Waals surface area contributed by atoms with Crippen molar-refractivity contribution >= 4 is 31.6 Å². The molecule has 0 aliphatic heterocycles. The van der Waals surface area contributed by atoms with Crippen LogP contribution >= 0.6 is 15.9 Å². The molecule has 82 valence electrons. The molecule has 4 nitrogen and oxygen atoms in total. The van der Waals surface area contributed by atoms with Gasteiger partial charge in [-0.15, -0.1) is 0 Å². The van der Waals surface area contributed by atoms with Crippen molar-refractivity contribution in [3.05, 3.63) is 22.4 Å². The highest BCUT2D eigenvalue weighted by Gasteiger charge is 2.28. The minimum Gasteiger partial charge on any atom is -0.282 e. The minimum atomic E-state index is -3.22. The molecule has 0 spiro atoms. The number of rotatable bonds is 3. The van der Waals surface area contributed by atoms with E-state index in [1.54, 1.807) is 12.1 Å². The van der Waals surface area contributed by atoms with E-state index in [0.717, 1.165) is 29.4 Å². The topological polar surface area (TPSA) is 59.1 Å². The first-order valence-electron chi connectivity index (χ1n) is 4.60. The van der Waals surface area contributed by atoms with Gasteiger partial charge in [0.2, 0.25) is 10.0 Å². The summed E-state index contributed by atoms with van der Waals surface area (Å²) in [6.07, 6.45) is 3.31. The highest BCUT2D eigenvalue weighted by molar-refractivity contribution is 9.10. The predicted molar refractivity (Wildman–Crippen MR) is 62.4 cm³/mol. The van der Waals surface area contributed by atoms with Gasteiger partial charge in [-0.05, 0) is 40.9 Å². The van der Waals surface area contributed by atoms with E-state index in [4.69, 9.17) is 0 Å². The van der Waals surface area contributed by atoms with Crippen molar-refractivity contribution in [2.45, 2.75) is 18.8 Å². The largest absolute Gasteiger partial charge is 0.282 e. The normalized spacial score (nSPS) is 16.4. The van der Waals surface area contributed by atoms with E-state index < -0.39 is 10.0 Å². The van der Waals surface area contributed by atoms with Crippen LogP contribution in [0.25, 0.3) is 0 Å². The van der Waals surface area contributed by atoms with E-state index in [-0.39, 0.29) is 0 Å². The fourth-order valence-electron chi connectivity index (χ4n) is 1.40. The third kappa shape index (κ3) is 2.92. The van der Waals surface area contributed by atoms with Crippen LogP contribution in [0.15, 0.2) is 16.7 Å². The van der Waals surface area contributed by atoms with Gasteiger partial charge in [-0.2, -0.15) is 0 Å². The first kappa shape index (κ1) is 10.9. The Morgan fingerprint density at radius 3 is 2.67 bits per heavy atom. The molecule has 0 aromatic carbocycles. The fraction of sp³-hybridized carbons (Fsp3) is 0.444. The Kier molecular flexibility index (Phi) is 2.72. The van der Waals surface area contributed by atoms with E-state index in [1.807, 2.05) is 0 Å². The van der Waals surface area contributed by atoms with E-state index in [2.05, 4.69) is 25.6 Å². The number of halogens is 1. The number of pyridine rings is 1. The van der Waals surface area contributed by atoms with Crippen molar-refractivity contribution in [3.63, 3.8) is 0 Å². The second kappa shape index (κ2) is 3.75. The average molecular weight is 291 g/mol. The molecule has 0 atom stereocenters. The van der Waals surface area contributed by atoms with Gasteiger partial charge in [-0.3, -0.25) is 4.72 Å². The van der Waals surface area contributed by atoms with Gasteiger partial charge in [-0.25, -0.2) is 13.4 Å². The molecule has 6 heteroatoms. The monoisotopic (exact) mass is 290 g/mol. The molecule has 0 bridgehead atoms. The lowest BCUT2D eigenvalue weighted by molar-refractivity contribution is 0.606. The van der Waals surface area contributed by atoms with Crippen molar-refractivity contribution in [2.75, 3.05) is 11.0 Å². The molecule has 1 aliphatic rings. The summed E-state index contributed by atoms with van der Waals surface area (Å²) in [4.78, 5) is 4.31. The summed E-state index contributed by atoms with van der Waals surface area (Å²) in [5, 5.41) is 0. The first-order valence-corrected chi connectivity index (χ1v) is 7.28. The molecule has 0 radical (unpaired) electrons.